The van der Waals surface area contributed by atoms with E-state index in [1.165, 1.54) is 31.8 Å². The molecule has 0 heterocycles. The topological polar surface area (TPSA) is 0 Å². The molecule has 0 radical (unpaired) electrons. The molecule has 6 atom stereocenters. The zero-order chi connectivity index (χ0) is 39.1. The van der Waals surface area contributed by atoms with Crippen molar-refractivity contribution in [2.45, 2.75) is 0 Å². The van der Waals surface area contributed by atoms with Crippen LogP contribution in [0.2, 0.25) is 0 Å². The third-order valence-electron chi connectivity index (χ3n) is 5.66. The van der Waals surface area contributed by atoms with Gasteiger partial charge >= 0.3 is 299 Å². The maximum atomic E-state index is 9.75. The Hall–Kier alpha value is -1.21. The van der Waals surface area contributed by atoms with E-state index in [1.54, 1.807) is 0 Å². The molecule has 0 nitrogen and oxygen atoms in total. The van der Waals surface area contributed by atoms with Crippen LogP contribution in [0.1, 0.15) is 0 Å². The molecule has 0 amide bonds. The summed E-state index contributed by atoms with van der Waals surface area (Å²) in [5, 5.41) is 9.14. The van der Waals surface area contributed by atoms with Crippen LogP contribution in [-0.2, 0) is 30.5 Å². The molecular formula is C36H36B2F8P6Pd2. The van der Waals surface area contributed by atoms with Gasteiger partial charge < -0.3 is 34.5 Å². The summed E-state index contributed by atoms with van der Waals surface area (Å²) in [6.07, 6.45) is 0. The quantitative estimate of drug-likeness (QED) is 0.0651. The molecule has 0 aromatic heterocycles. The number of hydrogen-bond acceptors (Lipinski definition) is 0. The average Bonchev–Trinajstić information content (AvgIpc) is 3.13. The molecule has 6 aromatic carbocycles. The molecule has 0 saturated heterocycles. The van der Waals surface area contributed by atoms with Crippen molar-refractivity contribution in [3.8, 4) is 0 Å². The molecule has 0 aliphatic rings. The Morgan fingerprint density at radius 3 is 0.463 bits per heavy atom. The summed E-state index contributed by atoms with van der Waals surface area (Å²) in [7, 11) is -12.0. The summed E-state index contributed by atoms with van der Waals surface area (Å²) in [6, 6.07) is 66.2. The predicted molar refractivity (Wildman–Crippen MR) is 227 cm³/mol. The molecule has 0 aliphatic heterocycles. The van der Waals surface area contributed by atoms with Gasteiger partial charge in [0.2, 0.25) is 0 Å². The molecule has 0 spiro atoms. The first-order valence-electron chi connectivity index (χ1n) is 15.7. The van der Waals surface area contributed by atoms with Gasteiger partial charge in [0.25, 0.3) is 0 Å². The maximum absolute atomic E-state index is 9.75. The molecule has 54 heavy (non-hydrogen) atoms. The van der Waals surface area contributed by atoms with Crippen molar-refractivity contribution in [3.63, 3.8) is 0 Å². The molecule has 0 aliphatic carbocycles. The van der Waals surface area contributed by atoms with Crippen LogP contribution in [0.15, 0.2) is 182 Å². The van der Waals surface area contributed by atoms with Gasteiger partial charge in [0.05, 0.1) is 0 Å². The van der Waals surface area contributed by atoms with E-state index >= 15 is 0 Å². The van der Waals surface area contributed by atoms with Crippen molar-refractivity contribution in [2.24, 2.45) is 0 Å². The molecule has 18 heteroatoms. The summed E-state index contributed by atoms with van der Waals surface area (Å²) >= 11 is -1.17. The van der Waals surface area contributed by atoms with E-state index in [1.807, 2.05) is 0 Å². The van der Waals surface area contributed by atoms with Crippen molar-refractivity contribution in [1.82, 2.24) is 0 Å². The van der Waals surface area contributed by atoms with Crippen LogP contribution in [0.3, 0.4) is 0 Å². The van der Waals surface area contributed by atoms with Gasteiger partial charge in [-0.2, -0.15) is 0 Å². The van der Waals surface area contributed by atoms with Gasteiger partial charge in [-0.05, 0) is 0 Å². The second-order valence-corrected chi connectivity index (χ2v) is 46.3. The van der Waals surface area contributed by atoms with E-state index in [2.05, 4.69) is 182 Å². The SMILES string of the molecule is F[B-](F)(F)F.F[B-](F)(F)F.c1ccc([PH][Pd+]([PH]c2ccccc2)[PH]c2ccccc2)cc1.c1ccc([PH][Pd+]([PH]c2ccccc2)[PH]c2ccccc2)cc1. The molecule has 292 valence electrons. The summed E-state index contributed by atoms with van der Waals surface area (Å²) in [5.74, 6) is 0. The summed E-state index contributed by atoms with van der Waals surface area (Å²) in [4.78, 5) is 0. The van der Waals surface area contributed by atoms with Crippen LogP contribution >= 0.6 is 40.6 Å². The second-order valence-electron chi connectivity index (χ2n) is 10.1. The molecule has 6 aromatic rings. The Morgan fingerprint density at radius 1 is 0.241 bits per heavy atom. The standard InChI is InChI=1S/6C6H6P.2BF4.2Pd/c6*7-6-4-2-1-3-5-6;2*2-1(3,4)5;;/h6*1-5,7H;;;;/q8*-1;2*+4. The van der Waals surface area contributed by atoms with Gasteiger partial charge in [-0.1, -0.05) is 0 Å². The van der Waals surface area contributed by atoms with Gasteiger partial charge in [0.1, 0.15) is 0 Å². The van der Waals surface area contributed by atoms with Crippen molar-refractivity contribution >= 4 is 87.0 Å². The van der Waals surface area contributed by atoms with Gasteiger partial charge in [-0.25, -0.2) is 0 Å². The Morgan fingerprint density at radius 2 is 0.352 bits per heavy atom. The minimum absolute atomic E-state index is 0.583. The number of hydrogen-bond donors (Lipinski definition) is 0. The van der Waals surface area contributed by atoms with Gasteiger partial charge in [-0.3, -0.25) is 0 Å². The van der Waals surface area contributed by atoms with Crippen molar-refractivity contribution in [3.05, 3.63) is 182 Å². The van der Waals surface area contributed by atoms with Crippen molar-refractivity contribution in [2.75, 3.05) is 0 Å². The third kappa shape index (κ3) is 25.1. The number of benzene rings is 6. The van der Waals surface area contributed by atoms with Crippen molar-refractivity contribution in [1.29, 1.82) is 0 Å². The molecular weight excluding hydrogens is 1000 g/mol. The Kier molecular flexibility index (Phi) is 23.3. The van der Waals surface area contributed by atoms with Crippen LogP contribution in [0.25, 0.3) is 0 Å². The molecule has 0 bridgehead atoms. The monoisotopic (exact) mass is 1040 g/mol. The Labute approximate surface area is 331 Å². The van der Waals surface area contributed by atoms with Gasteiger partial charge in [0.15, 0.2) is 0 Å². The molecule has 6 rings (SSSR count). The molecule has 0 saturated carbocycles. The first kappa shape index (κ1) is 47.2. The summed E-state index contributed by atoms with van der Waals surface area (Å²) in [6.45, 7) is 5.93. The average molecular weight is 1040 g/mol. The van der Waals surface area contributed by atoms with Crippen LogP contribution in [0, 0.1) is 0 Å². The first-order chi connectivity index (χ1) is 25.8. The summed E-state index contributed by atoms with van der Waals surface area (Å²) < 4.78 is 78.0. The number of halogens is 8. The fraction of sp³-hybridized carbons (Fsp3) is 0. The molecule has 6 unspecified atom stereocenters. The second kappa shape index (κ2) is 26.7. The summed E-state index contributed by atoms with van der Waals surface area (Å²) in [5.41, 5.74) is 0. The van der Waals surface area contributed by atoms with Crippen LogP contribution in [0.4, 0.5) is 34.5 Å². The van der Waals surface area contributed by atoms with Crippen molar-refractivity contribution < 1.29 is 65.1 Å². The minimum atomic E-state index is -6.00. The number of rotatable bonds is 12. The predicted octanol–water partition coefficient (Wildman–Crippen LogP) is 11.3. The van der Waals surface area contributed by atoms with Gasteiger partial charge in [-0.15, -0.1) is 0 Å². The van der Waals surface area contributed by atoms with E-state index < -0.39 is 45.1 Å². The van der Waals surface area contributed by atoms with E-state index in [0.29, 0.717) is 0 Å². The zero-order valence-corrected chi connectivity index (χ0v) is 37.2. The fourth-order valence-electron chi connectivity index (χ4n) is 3.61. The Balaban J connectivity index is 0.000000233. The molecule has 0 fully saturated rings. The first-order valence-corrected chi connectivity index (χ1v) is 34.5. The van der Waals surface area contributed by atoms with E-state index in [0.717, 1.165) is 40.6 Å². The Bertz CT molecular complexity index is 1480. The normalized spacial score (nSPS) is 12.7. The van der Waals surface area contributed by atoms with E-state index in [-0.39, 0.29) is 0 Å². The van der Waals surface area contributed by atoms with Crippen LogP contribution < -0.4 is 31.8 Å². The molecule has 0 N–H and O–H groups in total. The van der Waals surface area contributed by atoms with Crippen LogP contribution in [0.5, 0.6) is 0 Å². The third-order valence-corrected chi connectivity index (χ3v) is 41.6. The van der Waals surface area contributed by atoms with Gasteiger partial charge in [0, 0.05) is 0 Å². The fourth-order valence-corrected chi connectivity index (χ4v) is 44.9. The van der Waals surface area contributed by atoms with E-state index in [9.17, 15) is 34.5 Å². The van der Waals surface area contributed by atoms with E-state index in [4.69, 9.17) is 0 Å². The zero-order valence-electron chi connectivity index (χ0n) is 28.1. The van der Waals surface area contributed by atoms with Crippen LogP contribution in [-0.4, -0.2) is 14.5 Å².